The summed E-state index contributed by atoms with van der Waals surface area (Å²) in [7, 11) is 0. The van der Waals surface area contributed by atoms with Gasteiger partial charge in [-0.1, -0.05) is 31.5 Å². The lowest BCUT2D eigenvalue weighted by Crippen LogP contribution is -2.02. The highest BCUT2D eigenvalue weighted by molar-refractivity contribution is 6.33. The van der Waals surface area contributed by atoms with Gasteiger partial charge in [0.1, 0.15) is 0 Å². The van der Waals surface area contributed by atoms with Crippen LogP contribution in [-0.2, 0) is 11.3 Å². The number of benzene rings is 1. The average molecular weight is 214 g/mol. The highest BCUT2D eigenvalue weighted by Crippen LogP contribution is 2.19. The van der Waals surface area contributed by atoms with Crippen LogP contribution in [0.25, 0.3) is 0 Å². The van der Waals surface area contributed by atoms with E-state index in [4.69, 9.17) is 22.1 Å². The van der Waals surface area contributed by atoms with Gasteiger partial charge in [0.25, 0.3) is 0 Å². The van der Waals surface area contributed by atoms with Crippen LogP contribution < -0.4 is 5.73 Å². The molecule has 0 unspecified atom stereocenters. The van der Waals surface area contributed by atoms with Crippen molar-refractivity contribution in [2.45, 2.75) is 20.5 Å². The lowest BCUT2D eigenvalue weighted by Gasteiger charge is -2.07. The molecule has 2 nitrogen and oxygen atoms in total. The number of halogens is 1. The van der Waals surface area contributed by atoms with Gasteiger partial charge >= 0.3 is 0 Å². The van der Waals surface area contributed by atoms with E-state index in [0.29, 0.717) is 23.2 Å². The molecule has 0 atom stereocenters. The second-order valence-electron chi connectivity index (χ2n) is 3.76. The predicted octanol–water partition coefficient (Wildman–Crippen LogP) is 3.09. The SMILES string of the molecule is CC(C)COCc1ccc(Cl)c(N)c1. The predicted molar refractivity (Wildman–Crippen MR) is 60.4 cm³/mol. The number of nitrogen functional groups attached to an aromatic ring is 1. The number of hydrogen-bond donors (Lipinski definition) is 1. The number of rotatable bonds is 4. The molecule has 1 rings (SSSR count). The summed E-state index contributed by atoms with van der Waals surface area (Å²) in [4.78, 5) is 0. The van der Waals surface area contributed by atoms with Crippen molar-refractivity contribution in [3.63, 3.8) is 0 Å². The Morgan fingerprint density at radius 1 is 1.43 bits per heavy atom. The van der Waals surface area contributed by atoms with E-state index in [1.54, 1.807) is 6.07 Å². The fraction of sp³-hybridized carbons (Fsp3) is 0.455. The van der Waals surface area contributed by atoms with E-state index in [-0.39, 0.29) is 0 Å². The van der Waals surface area contributed by atoms with Crippen molar-refractivity contribution in [3.8, 4) is 0 Å². The Bertz CT molecular complexity index is 299. The Labute approximate surface area is 90.0 Å². The lowest BCUT2D eigenvalue weighted by atomic mass is 10.2. The van der Waals surface area contributed by atoms with E-state index < -0.39 is 0 Å². The van der Waals surface area contributed by atoms with Gasteiger partial charge < -0.3 is 10.5 Å². The molecule has 0 saturated carbocycles. The number of anilines is 1. The molecule has 0 aromatic heterocycles. The Balaban J connectivity index is 2.47. The molecule has 14 heavy (non-hydrogen) atoms. The van der Waals surface area contributed by atoms with Crippen LogP contribution in [0.4, 0.5) is 5.69 Å². The molecule has 2 N–H and O–H groups in total. The molecule has 0 aliphatic carbocycles. The molecular formula is C11H16ClNO. The summed E-state index contributed by atoms with van der Waals surface area (Å²) in [5, 5.41) is 0.595. The van der Waals surface area contributed by atoms with Crippen LogP contribution in [0.15, 0.2) is 18.2 Å². The third-order valence-electron chi connectivity index (χ3n) is 1.78. The van der Waals surface area contributed by atoms with E-state index in [2.05, 4.69) is 13.8 Å². The van der Waals surface area contributed by atoms with Crippen molar-refractivity contribution >= 4 is 17.3 Å². The minimum atomic E-state index is 0.555. The highest BCUT2D eigenvalue weighted by Gasteiger charge is 1.99. The van der Waals surface area contributed by atoms with E-state index in [1.807, 2.05) is 12.1 Å². The molecule has 0 bridgehead atoms. The first-order valence-electron chi connectivity index (χ1n) is 4.71. The summed E-state index contributed by atoms with van der Waals surface area (Å²) < 4.78 is 5.48. The molecule has 0 amide bonds. The van der Waals surface area contributed by atoms with Gasteiger partial charge in [-0.3, -0.25) is 0 Å². The Hall–Kier alpha value is -0.730. The standard InChI is InChI=1S/C11H16ClNO/c1-8(2)6-14-7-9-3-4-10(12)11(13)5-9/h3-5,8H,6-7,13H2,1-2H3. The fourth-order valence-corrected chi connectivity index (χ4v) is 1.21. The third kappa shape index (κ3) is 3.56. The van der Waals surface area contributed by atoms with E-state index in [0.717, 1.165) is 12.2 Å². The molecule has 1 aromatic rings. The summed E-state index contributed by atoms with van der Waals surface area (Å²) in [5.41, 5.74) is 7.34. The van der Waals surface area contributed by atoms with Gasteiger partial charge in [-0.15, -0.1) is 0 Å². The summed E-state index contributed by atoms with van der Waals surface area (Å²) in [6.45, 7) is 5.61. The summed E-state index contributed by atoms with van der Waals surface area (Å²) >= 11 is 5.80. The van der Waals surface area contributed by atoms with Crippen LogP contribution in [0.2, 0.25) is 5.02 Å². The van der Waals surface area contributed by atoms with Crippen LogP contribution in [0.5, 0.6) is 0 Å². The quantitative estimate of drug-likeness (QED) is 0.781. The van der Waals surface area contributed by atoms with Gasteiger partial charge in [0.2, 0.25) is 0 Å². The van der Waals surface area contributed by atoms with E-state index in [1.165, 1.54) is 0 Å². The van der Waals surface area contributed by atoms with Gasteiger partial charge in [0.05, 0.1) is 17.3 Å². The largest absolute Gasteiger partial charge is 0.398 e. The van der Waals surface area contributed by atoms with Crippen molar-refractivity contribution in [2.24, 2.45) is 5.92 Å². The maximum Gasteiger partial charge on any atom is 0.0717 e. The molecule has 0 heterocycles. The number of hydrogen-bond acceptors (Lipinski definition) is 2. The van der Waals surface area contributed by atoms with Crippen LogP contribution in [-0.4, -0.2) is 6.61 Å². The van der Waals surface area contributed by atoms with Crippen molar-refractivity contribution in [1.82, 2.24) is 0 Å². The van der Waals surface area contributed by atoms with Gasteiger partial charge in [-0.2, -0.15) is 0 Å². The van der Waals surface area contributed by atoms with Crippen molar-refractivity contribution in [3.05, 3.63) is 28.8 Å². The Kier molecular flexibility index (Phi) is 4.23. The molecule has 0 radical (unpaired) electrons. The van der Waals surface area contributed by atoms with Crippen LogP contribution in [0, 0.1) is 5.92 Å². The second-order valence-corrected chi connectivity index (χ2v) is 4.17. The van der Waals surface area contributed by atoms with Crippen molar-refractivity contribution in [2.75, 3.05) is 12.3 Å². The maximum atomic E-state index is 5.80. The van der Waals surface area contributed by atoms with Gasteiger partial charge in [0, 0.05) is 6.61 Å². The molecule has 1 aromatic carbocycles. The van der Waals surface area contributed by atoms with Gasteiger partial charge in [-0.25, -0.2) is 0 Å². The summed E-state index contributed by atoms with van der Waals surface area (Å²) in [6, 6.07) is 5.58. The molecule has 0 spiro atoms. The minimum Gasteiger partial charge on any atom is -0.398 e. The van der Waals surface area contributed by atoms with E-state index >= 15 is 0 Å². The monoisotopic (exact) mass is 213 g/mol. The second kappa shape index (κ2) is 5.23. The summed E-state index contributed by atoms with van der Waals surface area (Å²) in [5.74, 6) is 0.555. The zero-order valence-electron chi connectivity index (χ0n) is 8.59. The average Bonchev–Trinajstić information content (AvgIpc) is 2.10. The number of nitrogens with two attached hydrogens (primary N) is 1. The smallest absolute Gasteiger partial charge is 0.0717 e. The first-order valence-corrected chi connectivity index (χ1v) is 5.09. The zero-order valence-corrected chi connectivity index (χ0v) is 9.34. The first-order chi connectivity index (χ1) is 6.59. The van der Waals surface area contributed by atoms with Crippen LogP contribution in [0.3, 0.4) is 0 Å². The highest BCUT2D eigenvalue weighted by atomic mass is 35.5. The Morgan fingerprint density at radius 2 is 2.14 bits per heavy atom. The summed E-state index contributed by atoms with van der Waals surface area (Å²) in [6.07, 6.45) is 0. The normalized spacial score (nSPS) is 10.9. The number of ether oxygens (including phenoxy) is 1. The Morgan fingerprint density at radius 3 is 2.71 bits per heavy atom. The van der Waals surface area contributed by atoms with Crippen LogP contribution in [0.1, 0.15) is 19.4 Å². The topological polar surface area (TPSA) is 35.2 Å². The molecule has 0 saturated heterocycles. The maximum absolute atomic E-state index is 5.80. The first kappa shape index (κ1) is 11.3. The molecule has 0 fully saturated rings. The molecule has 78 valence electrons. The van der Waals surface area contributed by atoms with Crippen molar-refractivity contribution in [1.29, 1.82) is 0 Å². The molecular weight excluding hydrogens is 198 g/mol. The zero-order chi connectivity index (χ0) is 10.6. The van der Waals surface area contributed by atoms with Gasteiger partial charge in [-0.05, 0) is 23.6 Å². The third-order valence-corrected chi connectivity index (χ3v) is 2.12. The van der Waals surface area contributed by atoms with Crippen LogP contribution >= 0.6 is 11.6 Å². The molecule has 0 aliphatic heterocycles. The molecule has 3 heteroatoms. The minimum absolute atomic E-state index is 0.555. The van der Waals surface area contributed by atoms with E-state index in [9.17, 15) is 0 Å². The molecule has 0 aliphatic rings. The fourth-order valence-electron chi connectivity index (χ4n) is 1.10. The lowest BCUT2D eigenvalue weighted by molar-refractivity contribution is 0.0971. The van der Waals surface area contributed by atoms with Crippen molar-refractivity contribution < 1.29 is 4.74 Å². The van der Waals surface area contributed by atoms with Gasteiger partial charge in [0.15, 0.2) is 0 Å².